The Morgan fingerprint density at radius 1 is 1.07 bits per heavy atom. The summed E-state index contributed by atoms with van der Waals surface area (Å²) >= 11 is 3.38. The van der Waals surface area contributed by atoms with E-state index < -0.39 is 0 Å². The van der Waals surface area contributed by atoms with Gasteiger partial charge in [-0.1, -0.05) is 15.9 Å². The van der Waals surface area contributed by atoms with Crippen LogP contribution in [-0.2, 0) is 9.59 Å². The second-order valence-corrected chi connectivity index (χ2v) is 7.06. The van der Waals surface area contributed by atoms with Gasteiger partial charge in [0.1, 0.15) is 11.5 Å². The molecule has 29 heavy (non-hydrogen) atoms. The van der Waals surface area contributed by atoms with Gasteiger partial charge in [-0.05, 0) is 68.8 Å². The third-order valence-electron chi connectivity index (χ3n) is 3.68. The first-order chi connectivity index (χ1) is 13.9. The van der Waals surface area contributed by atoms with Crippen LogP contribution in [0, 0.1) is 6.92 Å². The summed E-state index contributed by atoms with van der Waals surface area (Å²) in [7, 11) is 0. The standard InChI is InChI=1S/C21H24BrN3O4/c1-4-28-18-8-6-17(7-9-18)23-20(26)12-15(3)24-25-21(27)13-29-19-10-5-16(22)11-14(19)2/h5-12,24H,4,13H2,1-3H3,(H,23,26)(H,25,27). The lowest BCUT2D eigenvalue weighted by molar-refractivity contribution is -0.124. The van der Waals surface area contributed by atoms with Gasteiger partial charge in [-0.15, -0.1) is 0 Å². The summed E-state index contributed by atoms with van der Waals surface area (Å²) in [5.41, 5.74) is 7.20. The summed E-state index contributed by atoms with van der Waals surface area (Å²) in [4.78, 5) is 24.0. The molecule has 0 saturated carbocycles. The Morgan fingerprint density at radius 3 is 2.45 bits per heavy atom. The highest BCUT2D eigenvalue weighted by Crippen LogP contribution is 2.22. The predicted molar refractivity (Wildman–Crippen MR) is 116 cm³/mol. The Morgan fingerprint density at radius 2 is 1.79 bits per heavy atom. The average Bonchev–Trinajstić information content (AvgIpc) is 2.67. The first-order valence-corrected chi connectivity index (χ1v) is 9.82. The Balaban J connectivity index is 1.76. The van der Waals surface area contributed by atoms with Crippen LogP contribution in [0.1, 0.15) is 19.4 Å². The van der Waals surface area contributed by atoms with Gasteiger partial charge in [0.2, 0.25) is 5.91 Å². The van der Waals surface area contributed by atoms with Gasteiger partial charge in [-0.3, -0.25) is 15.0 Å². The summed E-state index contributed by atoms with van der Waals surface area (Å²) in [5, 5.41) is 2.74. The zero-order valence-electron chi connectivity index (χ0n) is 16.5. The van der Waals surface area contributed by atoms with Gasteiger partial charge < -0.3 is 20.2 Å². The van der Waals surface area contributed by atoms with Gasteiger partial charge in [-0.2, -0.15) is 0 Å². The van der Waals surface area contributed by atoms with Crippen LogP contribution in [0.3, 0.4) is 0 Å². The maximum Gasteiger partial charge on any atom is 0.276 e. The van der Waals surface area contributed by atoms with E-state index in [1.54, 1.807) is 37.3 Å². The minimum absolute atomic E-state index is 0.152. The predicted octanol–water partition coefficient (Wildman–Crippen LogP) is 3.70. The average molecular weight is 462 g/mol. The van der Waals surface area contributed by atoms with E-state index >= 15 is 0 Å². The molecule has 154 valence electrons. The smallest absolute Gasteiger partial charge is 0.276 e. The number of nitrogens with one attached hydrogen (secondary N) is 3. The fourth-order valence-electron chi connectivity index (χ4n) is 2.33. The molecule has 2 aromatic rings. The van der Waals surface area contributed by atoms with E-state index in [9.17, 15) is 9.59 Å². The summed E-state index contributed by atoms with van der Waals surface area (Å²) in [6, 6.07) is 12.6. The zero-order chi connectivity index (χ0) is 21.2. The minimum Gasteiger partial charge on any atom is -0.494 e. The molecule has 0 radical (unpaired) electrons. The van der Waals surface area contributed by atoms with Gasteiger partial charge in [0.05, 0.1) is 6.61 Å². The number of benzene rings is 2. The fourth-order valence-corrected chi connectivity index (χ4v) is 2.81. The number of amides is 2. The van der Waals surface area contributed by atoms with E-state index in [2.05, 4.69) is 32.1 Å². The lowest BCUT2D eigenvalue weighted by atomic mass is 10.2. The monoisotopic (exact) mass is 461 g/mol. The van der Waals surface area contributed by atoms with E-state index in [1.807, 2.05) is 26.0 Å². The largest absolute Gasteiger partial charge is 0.494 e. The van der Waals surface area contributed by atoms with Crippen LogP contribution < -0.4 is 25.6 Å². The molecule has 2 amide bonds. The number of ether oxygens (including phenoxy) is 2. The van der Waals surface area contributed by atoms with Crippen LogP contribution in [-0.4, -0.2) is 25.0 Å². The first kappa shape index (κ1) is 22.3. The maximum absolute atomic E-state index is 12.1. The van der Waals surface area contributed by atoms with Crippen molar-refractivity contribution in [1.29, 1.82) is 0 Å². The van der Waals surface area contributed by atoms with Crippen molar-refractivity contribution in [1.82, 2.24) is 10.9 Å². The molecular weight excluding hydrogens is 438 g/mol. The van der Waals surface area contributed by atoms with Crippen molar-refractivity contribution in [2.45, 2.75) is 20.8 Å². The topological polar surface area (TPSA) is 88.7 Å². The number of allylic oxidation sites excluding steroid dienone is 1. The van der Waals surface area contributed by atoms with Crippen LogP contribution in [0.4, 0.5) is 5.69 Å². The minimum atomic E-state index is -0.369. The van der Waals surface area contributed by atoms with E-state index in [-0.39, 0.29) is 18.4 Å². The molecule has 0 spiro atoms. The third-order valence-corrected chi connectivity index (χ3v) is 4.17. The van der Waals surface area contributed by atoms with Gasteiger partial charge in [0, 0.05) is 21.9 Å². The highest BCUT2D eigenvalue weighted by molar-refractivity contribution is 9.10. The second-order valence-electron chi connectivity index (χ2n) is 6.15. The van der Waals surface area contributed by atoms with Crippen molar-refractivity contribution in [3.63, 3.8) is 0 Å². The van der Waals surface area contributed by atoms with Crippen LogP contribution >= 0.6 is 15.9 Å². The molecule has 0 unspecified atom stereocenters. The molecule has 0 aromatic heterocycles. The van der Waals surface area contributed by atoms with Crippen molar-refractivity contribution < 1.29 is 19.1 Å². The molecule has 2 rings (SSSR count). The Hall–Kier alpha value is -3.00. The van der Waals surface area contributed by atoms with Crippen molar-refractivity contribution in [2.75, 3.05) is 18.5 Å². The molecule has 0 saturated heterocycles. The maximum atomic E-state index is 12.1. The van der Waals surface area contributed by atoms with Crippen molar-refractivity contribution in [2.24, 2.45) is 0 Å². The van der Waals surface area contributed by atoms with Gasteiger partial charge in [0.25, 0.3) is 5.91 Å². The number of hydrogen-bond acceptors (Lipinski definition) is 5. The van der Waals surface area contributed by atoms with Crippen LogP contribution in [0.15, 0.2) is 58.7 Å². The van der Waals surface area contributed by atoms with Crippen molar-refractivity contribution in [3.8, 4) is 11.5 Å². The number of halogens is 1. The number of hydrazine groups is 1. The van der Waals surface area contributed by atoms with Gasteiger partial charge in [-0.25, -0.2) is 0 Å². The molecule has 7 nitrogen and oxygen atoms in total. The number of anilines is 1. The quantitative estimate of drug-likeness (QED) is 0.391. The lowest BCUT2D eigenvalue weighted by Gasteiger charge is -2.11. The molecule has 0 aliphatic heterocycles. The molecule has 0 bridgehead atoms. The fraction of sp³-hybridized carbons (Fsp3) is 0.238. The molecule has 2 aromatic carbocycles. The summed E-state index contributed by atoms with van der Waals surface area (Å²) in [6.07, 6.45) is 1.34. The van der Waals surface area contributed by atoms with Gasteiger partial charge >= 0.3 is 0 Å². The van der Waals surface area contributed by atoms with E-state index in [0.717, 1.165) is 15.8 Å². The highest BCUT2D eigenvalue weighted by atomic mass is 79.9. The van der Waals surface area contributed by atoms with Crippen LogP contribution in [0.5, 0.6) is 11.5 Å². The Labute approximate surface area is 178 Å². The number of aryl methyl sites for hydroxylation is 1. The number of hydrogen-bond donors (Lipinski definition) is 3. The van der Waals surface area contributed by atoms with E-state index in [1.165, 1.54) is 6.08 Å². The molecule has 0 fully saturated rings. The van der Waals surface area contributed by atoms with E-state index in [4.69, 9.17) is 9.47 Å². The molecule has 8 heteroatoms. The van der Waals surface area contributed by atoms with Gasteiger partial charge in [0.15, 0.2) is 6.61 Å². The lowest BCUT2D eigenvalue weighted by Crippen LogP contribution is -2.39. The van der Waals surface area contributed by atoms with Crippen molar-refractivity contribution >= 4 is 33.4 Å². The second kappa shape index (κ2) is 11.1. The molecule has 0 heterocycles. The zero-order valence-corrected chi connectivity index (χ0v) is 18.1. The number of rotatable bonds is 9. The Kier molecular flexibility index (Phi) is 8.54. The summed E-state index contributed by atoms with van der Waals surface area (Å²) < 4.78 is 11.8. The first-order valence-electron chi connectivity index (χ1n) is 9.03. The molecule has 0 atom stereocenters. The normalized spacial score (nSPS) is 10.8. The molecule has 0 aliphatic carbocycles. The molecule has 0 aliphatic rings. The highest BCUT2D eigenvalue weighted by Gasteiger charge is 2.06. The van der Waals surface area contributed by atoms with Crippen LogP contribution in [0.2, 0.25) is 0 Å². The molecular formula is C21H24BrN3O4. The number of carbonyl (C=O) groups excluding carboxylic acids is 2. The summed E-state index contributed by atoms with van der Waals surface area (Å²) in [5.74, 6) is 0.676. The Bertz CT molecular complexity index is 882. The number of carbonyl (C=O) groups is 2. The SMILES string of the molecule is CCOc1ccc(NC(=O)C=C(C)NNC(=O)COc2ccc(Br)cc2C)cc1. The molecule has 3 N–H and O–H groups in total. The summed E-state index contributed by atoms with van der Waals surface area (Å²) in [6.45, 7) is 5.90. The van der Waals surface area contributed by atoms with Crippen LogP contribution in [0.25, 0.3) is 0 Å². The third kappa shape index (κ3) is 7.87. The van der Waals surface area contributed by atoms with E-state index in [0.29, 0.717) is 23.7 Å². The van der Waals surface area contributed by atoms with Crippen molar-refractivity contribution in [3.05, 3.63) is 64.3 Å².